The first-order valence-corrected chi connectivity index (χ1v) is 6.74. The molecule has 2 aromatic rings. The maximum absolute atomic E-state index is 6.01. The van der Waals surface area contributed by atoms with E-state index in [1.165, 1.54) is 0 Å². The third-order valence-corrected chi connectivity index (χ3v) is 3.01. The summed E-state index contributed by atoms with van der Waals surface area (Å²) < 4.78 is 5.62. The lowest BCUT2D eigenvalue weighted by Crippen LogP contribution is -2.25. The summed E-state index contributed by atoms with van der Waals surface area (Å²) in [4.78, 5) is 13.8. The number of anilines is 2. The quantitative estimate of drug-likeness (QED) is 0.826. The monoisotopic (exact) mass is 308 g/mol. The largest absolute Gasteiger partial charge is 0.491 e. The van der Waals surface area contributed by atoms with Crippen LogP contribution in [-0.4, -0.2) is 40.1 Å². The van der Waals surface area contributed by atoms with E-state index in [2.05, 4.69) is 15.0 Å². The van der Waals surface area contributed by atoms with Crippen LogP contribution in [0.1, 0.15) is 5.82 Å². The van der Waals surface area contributed by atoms with Crippen molar-refractivity contribution < 1.29 is 4.74 Å². The Bertz CT molecular complexity index is 589. The molecule has 8 heteroatoms. The van der Waals surface area contributed by atoms with Gasteiger partial charge in [-0.05, 0) is 19.2 Å². The Kier molecular flexibility index (Phi) is 5.13. The van der Waals surface area contributed by atoms with Gasteiger partial charge in [0.15, 0.2) is 0 Å². The molecular formula is C13H17ClN6O. The Balaban J connectivity index is 1.82. The fourth-order valence-corrected chi connectivity index (χ4v) is 1.91. The molecule has 0 aliphatic heterocycles. The van der Waals surface area contributed by atoms with Crippen LogP contribution in [0.2, 0.25) is 5.02 Å². The molecule has 0 unspecified atom stereocenters. The summed E-state index contributed by atoms with van der Waals surface area (Å²) in [5.74, 6) is 1.44. The van der Waals surface area contributed by atoms with E-state index in [1.54, 1.807) is 6.07 Å². The van der Waals surface area contributed by atoms with Crippen LogP contribution in [0.15, 0.2) is 24.3 Å². The minimum absolute atomic E-state index is 0.123. The van der Waals surface area contributed by atoms with Crippen molar-refractivity contribution in [3.63, 3.8) is 0 Å². The minimum atomic E-state index is 0.123. The Labute approximate surface area is 127 Å². The normalized spacial score (nSPS) is 10.8. The number of likely N-dealkylation sites (N-methyl/N-ethyl adjacent to an activating group) is 1. The second-order valence-corrected chi connectivity index (χ2v) is 4.89. The number of hydrogen-bond acceptors (Lipinski definition) is 7. The highest BCUT2D eigenvalue weighted by atomic mass is 35.5. The predicted molar refractivity (Wildman–Crippen MR) is 81.9 cm³/mol. The van der Waals surface area contributed by atoms with E-state index in [-0.39, 0.29) is 11.9 Å². The zero-order chi connectivity index (χ0) is 15.2. The SMILES string of the molecule is CN(CCOc1ccccc1Cl)Cc1nc(N)nc(N)n1. The van der Waals surface area contributed by atoms with E-state index in [0.29, 0.717) is 36.3 Å². The lowest BCUT2D eigenvalue weighted by Gasteiger charge is -2.16. The number of rotatable bonds is 6. The molecule has 0 saturated carbocycles. The Morgan fingerprint density at radius 1 is 1.14 bits per heavy atom. The number of nitrogens with zero attached hydrogens (tertiary/aromatic N) is 4. The number of ether oxygens (including phenoxy) is 1. The number of halogens is 1. The van der Waals surface area contributed by atoms with Crippen LogP contribution >= 0.6 is 11.6 Å². The summed E-state index contributed by atoms with van der Waals surface area (Å²) >= 11 is 6.01. The van der Waals surface area contributed by atoms with Crippen molar-refractivity contribution in [1.29, 1.82) is 0 Å². The molecule has 4 N–H and O–H groups in total. The average molecular weight is 309 g/mol. The highest BCUT2D eigenvalue weighted by molar-refractivity contribution is 6.32. The van der Waals surface area contributed by atoms with Gasteiger partial charge < -0.3 is 16.2 Å². The van der Waals surface area contributed by atoms with Crippen molar-refractivity contribution in [2.45, 2.75) is 6.54 Å². The molecule has 7 nitrogen and oxygen atoms in total. The second-order valence-electron chi connectivity index (χ2n) is 4.48. The molecule has 2 rings (SSSR count). The molecule has 21 heavy (non-hydrogen) atoms. The first-order chi connectivity index (χ1) is 10.0. The smallest absolute Gasteiger partial charge is 0.225 e. The van der Waals surface area contributed by atoms with Crippen LogP contribution < -0.4 is 16.2 Å². The van der Waals surface area contributed by atoms with Gasteiger partial charge in [0.25, 0.3) is 0 Å². The molecular weight excluding hydrogens is 292 g/mol. The number of nitrogen functional groups attached to an aromatic ring is 2. The Hall–Kier alpha value is -2.12. The van der Waals surface area contributed by atoms with E-state index in [1.807, 2.05) is 30.1 Å². The average Bonchev–Trinajstić information content (AvgIpc) is 2.39. The van der Waals surface area contributed by atoms with Crippen LogP contribution in [0, 0.1) is 0 Å². The van der Waals surface area contributed by atoms with E-state index >= 15 is 0 Å². The lowest BCUT2D eigenvalue weighted by molar-refractivity contribution is 0.230. The van der Waals surface area contributed by atoms with Gasteiger partial charge in [0, 0.05) is 6.54 Å². The van der Waals surface area contributed by atoms with Crippen LogP contribution in [0.4, 0.5) is 11.9 Å². The molecule has 0 atom stereocenters. The van der Waals surface area contributed by atoms with Gasteiger partial charge in [0.05, 0.1) is 11.6 Å². The number of benzene rings is 1. The molecule has 1 aromatic carbocycles. The second kappa shape index (κ2) is 7.05. The fourth-order valence-electron chi connectivity index (χ4n) is 1.72. The molecule has 1 heterocycles. The Morgan fingerprint density at radius 3 is 2.48 bits per heavy atom. The summed E-state index contributed by atoms with van der Waals surface area (Å²) in [7, 11) is 1.92. The molecule has 0 spiro atoms. The number of aromatic nitrogens is 3. The van der Waals surface area contributed by atoms with Crippen molar-refractivity contribution in [3.05, 3.63) is 35.1 Å². The van der Waals surface area contributed by atoms with Crippen molar-refractivity contribution in [3.8, 4) is 5.75 Å². The molecule has 0 saturated heterocycles. The highest BCUT2D eigenvalue weighted by Crippen LogP contribution is 2.22. The van der Waals surface area contributed by atoms with Gasteiger partial charge >= 0.3 is 0 Å². The van der Waals surface area contributed by atoms with Crippen molar-refractivity contribution >= 4 is 23.5 Å². The molecule has 112 valence electrons. The predicted octanol–water partition coefficient (Wildman–Crippen LogP) is 1.20. The third kappa shape index (κ3) is 4.73. The first kappa shape index (κ1) is 15.3. The summed E-state index contributed by atoms with van der Waals surface area (Å²) in [5, 5.41) is 0.596. The number of nitrogens with two attached hydrogens (primary N) is 2. The summed E-state index contributed by atoms with van der Waals surface area (Å²) in [6.07, 6.45) is 0. The molecule has 0 fully saturated rings. The molecule has 0 radical (unpaired) electrons. The highest BCUT2D eigenvalue weighted by Gasteiger charge is 2.07. The Morgan fingerprint density at radius 2 is 1.81 bits per heavy atom. The van der Waals surface area contributed by atoms with Gasteiger partial charge in [-0.1, -0.05) is 23.7 Å². The van der Waals surface area contributed by atoms with Crippen LogP contribution in [-0.2, 0) is 6.54 Å². The van der Waals surface area contributed by atoms with Crippen molar-refractivity contribution in [2.75, 3.05) is 31.7 Å². The van der Waals surface area contributed by atoms with Gasteiger partial charge in [0.1, 0.15) is 18.2 Å². The van der Waals surface area contributed by atoms with Crippen molar-refractivity contribution in [1.82, 2.24) is 19.9 Å². The summed E-state index contributed by atoms with van der Waals surface area (Å²) in [5.41, 5.74) is 11.1. The topological polar surface area (TPSA) is 103 Å². The lowest BCUT2D eigenvalue weighted by atomic mass is 10.3. The maximum atomic E-state index is 6.01. The minimum Gasteiger partial charge on any atom is -0.491 e. The molecule has 0 bridgehead atoms. The van der Waals surface area contributed by atoms with Crippen molar-refractivity contribution in [2.24, 2.45) is 0 Å². The van der Waals surface area contributed by atoms with Crippen LogP contribution in [0.5, 0.6) is 5.75 Å². The number of hydrogen-bond donors (Lipinski definition) is 2. The van der Waals surface area contributed by atoms with E-state index < -0.39 is 0 Å². The molecule has 1 aromatic heterocycles. The van der Waals surface area contributed by atoms with Gasteiger partial charge in [-0.2, -0.15) is 15.0 Å². The maximum Gasteiger partial charge on any atom is 0.225 e. The molecule has 0 amide bonds. The van der Waals surface area contributed by atoms with Crippen LogP contribution in [0.25, 0.3) is 0 Å². The first-order valence-electron chi connectivity index (χ1n) is 6.36. The van der Waals surface area contributed by atoms with E-state index in [9.17, 15) is 0 Å². The standard InChI is InChI=1S/C13H17ClN6O/c1-20(8-11-17-12(15)19-13(16)18-11)6-7-21-10-5-3-2-4-9(10)14/h2-5H,6-8H2,1H3,(H4,15,16,17,18,19). The third-order valence-electron chi connectivity index (χ3n) is 2.69. The van der Waals surface area contributed by atoms with E-state index in [4.69, 9.17) is 27.8 Å². The summed E-state index contributed by atoms with van der Waals surface area (Å²) in [6.45, 7) is 1.68. The van der Waals surface area contributed by atoms with E-state index in [0.717, 1.165) is 0 Å². The molecule has 0 aliphatic carbocycles. The fraction of sp³-hybridized carbons (Fsp3) is 0.308. The zero-order valence-electron chi connectivity index (χ0n) is 11.7. The van der Waals surface area contributed by atoms with Crippen LogP contribution in [0.3, 0.4) is 0 Å². The molecule has 0 aliphatic rings. The van der Waals surface area contributed by atoms with Gasteiger partial charge in [-0.15, -0.1) is 0 Å². The zero-order valence-corrected chi connectivity index (χ0v) is 12.4. The van der Waals surface area contributed by atoms with Gasteiger partial charge in [-0.25, -0.2) is 0 Å². The van der Waals surface area contributed by atoms with Gasteiger partial charge in [-0.3, -0.25) is 4.90 Å². The summed E-state index contributed by atoms with van der Waals surface area (Å²) in [6, 6.07) is 7.35. The number of para-hydroxylation sites is 1. The van der Waals surface area contributed by atoms with Gasteiger partial charge in [0.2, 0.25) is 11.9 Å².